The number of aliphatic hydroxyl groups excluding tert-OH is 1. The molecule has 0 aliphatic carbocycles. The van der Waals surface area contributed by atoms with Crippen molar-refractivity contribution in [1.82, 2.24) is 0 Å². The summed E-state index contributed by atoms with van der Waals surface area (Å²) in [6.07, 6.45) is 0. The average Bonchev–Trinajstić information content (AvgIpc) is 2.00. The minimum Gasteiger partial charge on any atom is -0.374 e. The Morgan fingerprint density at radius 2 is 1.00 bits per heavy atom. The van der Waals surface area contributed by atoms with Gasteiger partial charge in [0.05, 0.1) is 0 Å². The van der Waals surface area contributed by atoms with Crippen molar-refractivity contribution in [3.05, 3.63) is 0 Å². The summed E-state index contributed by atoms with van der Waals surface area (Å²) in [4.78, 5) is 0. The van der Waals surface area contributed by atoms with Crippen LogP contribution in [0.2, 0.25) is 0 Å². The molecule has 0 rings (SSSR count). The van der Waals surface area contributed by atoms with Crippen LogP contribution in [0.15, 0.2) is 0 Å². The molecular weight excluding hydrogens is 431 g/mol. The van der Waals surface area contributed by atoms with Crippen LogP contribution in [-0.4, -0.2) is 27.5 Å². The normalized spacial score (nSPS) is 17.4. The molecule has 0 saturated carbocycles. The molecule has 1 N–H and O–H groups in total. The fraction of sp³-hybridized carbons (Fsp3) is 1.00. The van der Waals surface area contributed by atoms with E-state index in [1.807, 2.05) is 0 Å². The summed E-state index contributed by atoms with van der Waals surface area (Å²) in [5.74, 6) is 0. The lowest BCUT2D eigenvalue weighted by Crippen LogP contribution is -2.59. The first-order chi connectivity index (χ1) is 6.69. The van der Waals surface area contributed by atoms with E-state index in [4.69, 9.17) is 121 Å². The van der Waals surface area contributed by atoms with Gasteiger partial charge in [-0.25, -0.2) is 0 Å². The molecule has 16 heavy (non-hydrogen) atoms. The number of hydrogen-bond donors (Lipinski definition) is 1. The SMILES string of the molecule is OC(Cl)C(Cl)(Cl)C(Cl)(Cl)C(Cl)(Cl)C(Cl)(Cl)Cl. The highest BCUT2D eigenvalue weighted by molar-refractivity contribution is 6.80. The molecule has 98 valence electrons. The fourth-order valence-corrected chi connectivity index (χ4v) is 2.79. The lowest BCUT2D eigenvalue weighted by molar-refractivity contribution is 0.224. The van der Waals surface area contributed by atoms with Crippen LogP contribution in [0.1, 0.15) is 0 Å². The van der Waals surface area contributed by atoms with E-state index in [9.17, 15) is 0 Å². The summed E-state index contributed by atoms with van der Waals surface area (Å²) in [6.45, 7) is 0. The molecule has 1 atom stereocenters. The van der Waals surface area contributed by atoms with Crippen molar-refractivity contribution < 1.29 is 5.11 Å². The van der Waals surface area contributed by atoms with Gasteiger partial charge in [-0.05, 0) is 0 Å². The van der Waals surface area contributed by atoms with Crippen molar-refractivity contribution in [3.63, 3.8) is 0 Å². The second-order valence-electron chi connectivity index (χ2n) is 2.61. The molecule has 0 aliphatic rings. The van der Waals surface area contributed by atoms with Gasteiger partial charge in [-0.3, -0.25) is 0 Å². The summed E-state index contributed by atoms with van der Waals surface area (Å²) in [5, 5.41) is 9.13. The number of alkyl halides is 10. The molecule has 0 aromatic rings. The molecular formula is C5H2Cl10O. The van der Waals surface area contributed by atoms with Crippen molar-refractivity contribution in [2.24, 2.45) is 0 Å². The average molecular weight is 433 g/mol. The molecule has 0 bridgehead atoms. The quantitative estimate of drug-likeness (QED) is 0.589. The van der Waals surface area contributed by atoms with Gasteiger partial charge < -0.3 is 5.11 Å². The van der Waals surface area contributed by atoms with Crippen LogP contribution in [-0.2, 0) is 0 Å². The van der Waals surface area contributed by atoms with Gasteiger partial charge in [-0.1, -0.05) is 116 Å². The molecule has 11 heteroatoms. The molecule has 0 heterocycles. The highest BCUT2D eigenvalue weighted by atomic mass is 35.6. The van der Waals surface area contributed by atoms with E-state index in [2.05, 4.69) is 0 Å². The monoisotopic (exact) mass is 428 g/mol. The third-order valence-corrected chi connectivity index (χ3v) is 7.50. The Morgan fingerprint density at radius 3 is 1.19 bits per heavy atom. The summed E-state index contributed by atoms with van der Waals surface area (Å²) in [7, 11) is 0. The van der Waals surface area contributed by atoms with E-state index in [0.29, 0.717) is 0 Å². The zero-order valence-electron chi connectivity index (χ0n) is 6.80. The van der Waals surface area contributed by atoms with Crippen LogP contribution < -0.4 is 0 Å². The second-order valence-corrected chi connectivity index (χ2v) is 9.34. The lowest BCUT2D eigenvalue weighted by atomic mass is 10.2. The van der Waals surface area contributed by atoms with Crippen molar-refractivity contribution in [3.8, 4) is 0 Å². The van der Waals surface area contributed by atoms with Gasteiger partial charge in [0.25, 0.3) is 0 Å². The zero-order valence-corrected chi connectivity index (χ0v) is 14.4. The maximum absolute atomic E-state index is 9.13. The number of halogens is 10. The molecule has 0 spiro atoms. The number of rotatable bonds is 3. The molecule has 0 amide bonds. The maximum Gasteiger partial charge on any atom is 0.226 e. The van der Waals surface area contributed by atoms with Gasteiger partial charge >= 0.3 is 0 Å². The minimum atomic E-state index is -2.47. The fourth-order valence-electron chi connectivity index (χ4n) is 0.537. The Kier molecular flexibility index (Phi) is 6.71. The highest BCUT2D eigenvalue weighted by Gasteiger charge is 2.69. The van der Waals surface area contributed by atoms with Gasteiger partial charge in [0, 0.05) is 0 Å². The zero-order chi connectivity index (χ0) is 13.6. The molecule has 0 aliphatic heterocycles. The van der Waals surface area contributed by atoms with Gasteiger partial charge in [-0.15, -0.1) is 0 Å². The van der Waals surface area contributed by atoms with Crippen molar-refractivity contribution in [2.45, 2.75) is 22.4 Å². The standard InChI is InChI=1S/C5H2Cl10O/c6-1(16)2(7,8)3(9,10)4(11,12)5(13,14)15/h1,16H. The van der Waals surface area contributed by atoms with E-state index < -0.39 is 22.4 Å². The Hall–Kier alpha value is 2.86. The first-order valence-electron chi connectivity index (χ1n) is 3.22. The summed E-state index contributed by atoms with van der Waals surface area (Å²) >= 11 is 55.8. The second kappa shape index (κ2) is 5.69. The topological polar surface area (TPSA) is 20.2 Å². The Morgan fingerprint density at radius 1 is 0.688 bits per heavy atom. The van der Waals surface area contributed by atoms with Gasteiger partial charge in [0.2, 0.25) is 8.13 Å². The van der Waals surface area contributed by atoms with Crippen molar-refractivity contribution in [2.75, 3.05) is 0 Å². The lowest BCUT2D eigenvalue weighted by Gasteiger charge is -2.44. The molecule has 0 saturated heterocycles. The van der Waals surface area contributed by atoms with E-state index in [1.165, 1.54) is 0 Å². The smallest absolute Gasteiger partial charge is 0.226 e. The van der Waals surface area contributed by atoms with E-state index in [1.54, 1.807) is 0 Å². The van der Waals surface area contributed by atoms with E-state index in [-0.39, 0.29) is 0 Å². The maximum atomic E-state index is 9.13. The third kappa shape index (κ3) is 3.30. The van der Waals surface area contributed by atoms with Crippen LogP contribution in [0.5, 0.6) is 0 Å². The largest absolute Gasteiger partial charge is 0.374 e. The summed E-state index contributed by atoms with van der Waals surface area (Å²) in [6, 6.07) is 0. The van der Waals surface area contributed by atoms with Crippen LogP contribution in [0.3, 0.4) is 0 Å². The number of aliphatic hydroxyl groups is 1. The first kappa shape index (κ1) is 18.9. The molecule has 1 nitrogen and oxygen atoms in total. The molecule has 0 aromatic carbocycles. The molecule has 0 radical (unpaired) electrons. The van der Waals surface area contributed by atoms with Crippen molar-refractivity contribution in [1.29, 1.82) is 0 Å². The molecule has 0 aromatic heterocycles. The first-order valence-corrected chi connectivity index (χ1v) is 7.05. The van der Waals surface area contributed by atoms with Gasteiger partial charge in [0.1, 0.15) is 0 Å². The Balaban J connectivity index is 5.53. The van der Waals surface area contributed by atoms with Gasteiger partial charge in [0.15, 0.2) is 14.2 Å². The van der Waals surface area contributed by atoms with Crippen LogP contribution in [0, 0.1) is 0 Å². The predicted molar refractivity (Wildman–Crippen MR) is 75.5 cm³/mol. The minimum absolute atomic E-state index is 1.91. The molecule has 1 unspecified atom stereocenters. The highest BCUT2D eigenvalue weighted by Crippen LogP contribution is 2.63. The van der Waals surface area contributed by atoms with E-state index in [0.717, 1.165) is 0 Å². The Bertz CT molecular complexity index is 252. The van der Waals surface area contributed by atoms with Crippen LogP contribution in [0.25, 0.3) is 0 Å². The van der Waals surface area contributed by atoms with Crippen molar-refractivity contribution >= 4 is 116 Å². The van der Waals surface area contributed by atoms with Crippen LogP contribution >= 0.6 is 116 Å². The predicted octanol–water partition coefficient (Wildman–Crippen LogP) is 5.44. The Labute approximate surface area is 142 Å². The summed E-state index contributed by atoms with van der Waals surface area (Å²) in [5.41, 5.74) is -1.91. The molecule has 0 fully saturated rings. The van der Waals surface area contributed by atoms with E-state index >= 15 is 0 Å². The number of hydrogen-bond acceptors (Lipinski definition) is 1. The van der Waals surface area contributed by atoms with Gasteiger partial charge in [-0.2, -0.15) is 0 Å². The summed E-state index contributed by atoms with van der Waals surface area (Å²) < 4.78 is -9.63. The van der Waals surface area contributed by atoms with Crippen LogP contribution in [0.4, 0.5) is 0 Å². The third-order valence-electron chi connectivity index (χ3n) is 1.47.